The topological polar surface area (TPSA) is 129 Å². The summed E-state index contributed by atoms with van der Waals surface area (Å²) in [6.07, 6.45) is -3.04. The highest BCUT2D eigenvalue weighted by atomic mass is 16.7. The highest BCUT2D eigenvalue weighted by Crippen LogP contribution is 1.81. The lowest BCUT2D eigenvalue weighted by Gasteiger charge is -1.98. The Morgan fingerprint density at radius 1 is 0.789 bits per heavy atom. The summed E-state index contributed by atoms with van der Waals surface area (Å²) in [5.74, 6) is 0. The Kier molecular flexibility index (Phi) is 21.1. The van der Waals surface area contributed by atoms with Crippen LogP contribution in [0.4, 0.5) is 14.4 Å². The molecule has 2 N–H and O–H groups in total. The molecular formula is C10H20O9. The average Bonchev–Trinajstić information content (AvgIpc) is 2.30. The van der Waals surface area contributed by atoms with Gasteiger partial charge in [0.1, 0.15) is 0 Å². The lowest BCUT2D eigenvalue weighted by Crippen LogP contribution is -2.05. The van der Waals surface area contributed by atoms with E-state index in [0.717, 1.165) is 0 Å². The smallest absolute Gasteiger partial charge is 0.450 e. The molecule has 0 aromatic rings. The minimum atomic E-state index is -1.83. The molecule has 0 aliphatic carbocycles. The van der Waals surface area contributed by atoms with E-state index < -0.39 is 18.5 Å². The van der Waals surface area contributed by atoms with Crippen LogP contribution in [0.25, 0.3) is 0 Å². The van der Waals surface area contributed by atoms with E-state index in [1.165, 1.54) is 7.11 Å². The van der Waals surface area contributed by atoms with Crippen LogP contribution >= 0.6 is 0 Å². The molecule has 0 unspecified atom stereocenters. The third-order valence-corrected chi connectivity index (χ3v) is 0.953. The van der Waals surface area contributed by atoms with Gasteiger partial charge in [-0.15, -0.1) is 0 Å². The molecule has 0 aromatic heterocycles. The summed E-state index contributed by atoms with van der Waals surface area (Å²) in [4.78, 5) is 28.7. The van der Waals surface area contributed by atoms with Gasteiger partial charge in [-0.3, -0.25) is 0 Å². The Morgan fingerprint density at radius 2 is 1.05 bits per heavy atom. The Hall–Kier alpha value is -2.19. The molecule has 0 saturated heterocycles. The highest BCUT2D eigenvalue weighted by molar-refractivity contribution is 5.59. The molecule has 0 spiro atoms. The first kappa shape index (κ1) is 22.0. The fraction of sp³-hybridized carbons (Fsp3) is 0.700. The predicted octanol–water partition coefficient (Wildman–Crippen LogP) is 2.19. The predicted molar refractivity (Wildman–Crippen MR) is 63.3 cm³/mol. The van der Waals surface area contributed by atoms with Gasteiger partial charge < -0.3 is 29.2 Å². The van der Waals surface area contributed by atoms with Crippen LogP contribution in [0.3, 0.4) is 0 Å². The van der Waals surface area contributed by atoms with Crippen LogP contribution in [0.15, 0.2) is 0 Å². The largest absolute Gasteiger partial charge is 0.508 e. The number of hydrogen-bond acceptors (Lipinski definition) is 7. The summed E-state index contributed by atoms with van der Waals surface area (Å²) in [6, 6.07) is 0. The van der Waals surface area contributed by atoms with Crippen molar-refractivity contribution in [1.82, 2.24) is 0 Å². The number of methoxy groups -OCH3 is 1. The van der Waals surface area contributed by atoms with Gasteiger partial charge in [-0.1, -0.05) is 0 Å². The van der Waals surface area contributed by atoms with Gasteiger partial charge in [0.15, 0.2) is 0 Å². The maximum absolute atomic E-state index is 10.2. The summed E-state index contributed by atoms with van der Waals surface area (Å²) in [6.45, 7) is 6.30. The van der Waals surface area contributed by atoms with Crippen molar-refractivity contribution in [1.29, 1.82) is 0 Å². The molecular weight excluding hydrogens is 264 g/mol. The fourth-order valence-corrected chi connectivity index (χ4v) is 0.454. The monoisotopic (exact) mass is 284 g/mol. The van der Waals surface area contributed by atoms with Crippen LogP contribution in [0.5, 0.6) is 0 Å². The minimum Gasteiger partial charge on any atom is -0.450 e. The first-order valence-corrected chi connectivity index (χ1v) is 5.27. The van der Waals surface area contributed by atoms with E-state index in [-0.39, 0.29) is 0 Å². The van der Waals surface area contributed by atoms with Gasteiger partial charge in [0.25, 0.3) is 0 Å². The van der Waals surface area contributed by atoms with Crippen molar-refractivity contribution in [3.05, 3.63) is 0 Å². The third-order valence-electron chi connectivity index (χ3n) is 0.953. The maximum atomic E-state index is 10.2. The first-order chi connectivity index (χ1) is 8.85. The van der Waals surface area contributed by atoms with Crippen molar-refractivity contribution in [2.24, 2.45) is 0 Å². The number of carboxylic acid groups (broad SMARTS) is 2. The summed E-state index contributed by atoms with van der Waals surface area (Å²) >= 11 is 0. The van der Waals surface area contributed by atoms with E-state index in [0.29, 0.717) is 19.8 Å². The van der Waals surface area contributed by atoms with E-state index >= 15 is 0 Å². The van der Waals surface area contributed by atoms with Crippen LogP contribution < -0.4 is 0 Å². The van der Waals surface area contributed by atoms with Gasteiger partial charge in [0.2, 0.25) is 0 Å². The Balaban J connectivity index is -0.000000214. The van der Waals surface area contributed by atoms with Crippen LogP contribution in [0.2, 0.25) is 0 Å². The first-order valence-electron chi connectivity index (χ1n) is 5.27. The van der Waals surface area contributed by atoms with E-state index in [1.54, 1.807) is 20.8 Å². The van der Waals surface area contributed by atoms with Crippen molar-refractivity contribution in [3.8, 4) is 0 Å². The second-order valence-corrected chi connectivity index (χ2v) is 2.29. The molecule has 0 rings (SSSR count). The molecule has 0 heterocycles. The summed E-state index contributed by atoms with van der Waals surface area (Å²) in [7, 11) is 1.28. The zero-order valence-corrected chi connectivity index (χ0v) is 11.4. The number of rotatable bonds is 3. The molecule has 9 heteroatoms. The average molecular weight is 284 g/mol. The second kappa shape index (κ2) is 18.2. The molecule has 19 heavy (non-hydrogen) atoms. The van der Waals surface area contributed by atoms with Crippen molar-refractivity contribution in [2.45, 2.75) is 20.8 Å². The Labute approximate surface area is 111 Å². The summed E-state index contributed by atoms with van der Waals surface area (Å²) in [5.41, 5.74) is 0. The van der Waals surface area contributed by atoms with Crippen LogP contribution in [0.1, 0.15) is 20.8 Å². The van der Waals surface area contributed by atoms with Gasteiger partial charge in [-0.25, -0.2) is 14.4 Å². The Morgan fingerprint density at radius 3 is 1.21 bits per heavy atom. The van der Waals surface area contributed by atoms with Crippen LogP contribution in [-0.4, -0.2) is 55.6 Å². The molecule has 9 nitrogen and oxygen atoms in total. The quantitative estimate of drug-likeness (QED) is 0.749. The molecule has 0 saturated carbocycles. The van der Waals surface area contributed by atoms with Gasteiger partial charge in [0.05, 0.1) is 26.9 Å². The lowest BCUT2D eigenvalue weighted by molar-refractivity contribution is 0.0629. The zero-order chi connectivity index (χ0) is 15.7. The standard InChI is InChI=1S/C5H10O3.C4H8O3.CH2O3/c1-3-7-5(6)8-4-2;1-3-7-4(5)6-2;2-1(3)4/h3-4H2,1-2H3;3H2,1-2H3;(H2,2,3,4). The van der Waals surface area contributed by atoms with Crippen molar-refractivity contribution >= 4 is 18.5 Å². The van der Waals surface area contributed by atoms with Gasteiger partial charge >= 0.3 is 18.5 Å². The minimum absolute atomic E-state index is 0.368. The van der Waals surface area contributed by atoms with Crippen LogP contribution in [-0.2, 0) is 18.9 Å². The van der Waals surface area contributed by atoms with Crippen molar-refractivity contribution in [3.63, 3.8) is 0 Å². The third kappa shape index (κ3) is 38.8. The SMILES string of the molecule is CCOC(=O)OC.CCOC(=O)OCC.O=C(O)O. The molecule has 0 amide bonds. The van der Waals surface area contributed by atoms with E-state index in [4.69, 9.17) is 15.0 Å². The molecule has 0 aliphatic rings. The zero-order valence-electron chi connectivity index (χ0n) is 11.4. The second-order valence-electron chi connectivity index (χ2n) is 2.29. The summed E-state index contributed by atoms with van der Waals surface area (Å²) in [5, 5.41) is 13.9. The molecule has 0 bridgehead atoms. The van der Waals surface area contributed by atoms with E-state index in [2.05, 4.69) is 18.9 Å². The number of hydrogen-bond donors (Lipinski definition) is 2. The normalized spacial score (nSPS) is 7.58. The molecule has 0 aliphatic heterocycles. The maximum Gasteiger partial charge on any atom is 0.508 e. The van der Waals surface area contributed by atoms with E-state index in [9.17, 15) is 9.59 Å². The molecule has 114 valence electrons. The van der Waals surface area contributed by atoms with Crippen molar-refractivity contribution < 1.29 is 43.5 Å². The highest BCUT2D eigenvalue weighted by Gasteiger charge is 1.96. The van der Waals surface area contributed by atoms with Crippen LogP contribution in [0, 0.1) is 0 Å². The number of ether oxygens (including phenoxy) is 4. The van der Waals surface area contributed by atoms with Gasteiger partial charge in [0, 0.05) is 0 Å². The van der Waals surface area contributed by atoms with Crippen molar-refractivity contribution in [2.75, 3.05) is 26.9 Å². The molecule has 0 atom stereocenters. The molecule has 0 fully saturated rings. The number of carbonyl (C=O) groups excluding carboxylic acids is 2. The number of carbonyl (C=O) groups is 3. The van der Waals surface area contributed by atoms with Gasteiger partial charge in [-0.2, -0.15) is 0 Å². The molecule has 0 radical (unpaired) electrons. The summed E-state index contributed by atoms with van der Waals surface area (Å²) < 4.78 is 17.3. The fourth-order valence-electron chi connectivity index (χ4n) is 0.454. The van der Waals surface area contributed by atoms with E-state index in [1.807, 2.05) is 0 Å². The Bertz CT molecular complexity index is 227. The van der Waals surface area contributed by atoms with Gasteiger partial charge in [-0.05, 0) is 20.8 Å². The lowest BCUT2D eigenvalue weighted by atomic mass is 10.8. The molecule has 0 aromatic carbocycles.